The average molecular weight is 479 g/mol. The first-order valence-corrected chi connectivity index (χ1v) is 12.2. The number of nitrogens with zero attached hydrogens (tertiary/aromatic N) is 3. The Hall–Kier alpha value is -1.89. The smallest absolute Gasteiger partial charge is 0.186 e. The Morgan fingerprint density at radius 2 is 1.90 bits per heavy atom. The number of aromatic nitrogens is 1. The summed E-state index contributed by atoms with van der Waals surface area (Å²) in [6.07, 6.45) is 4.00. The first kappa shape index (κ1) is 23.8. The molecule has 0 aliphatic heterocycles. The molecule has 8 heteroatoms. The Balaban J connectivity index is 2.16. The van der Waals surface area contributed by atoms with Gasteiger partial charge in [0.2, 0.25) is 0 Å². The van der Waals surface area contributed by atoms with Crippen LogP contribution in [0, 0.1) is 5.53 Å². The summed E-state index contributed by atoms with van der Waals surface area (Å²) in [5.41, 5.74) is 10.1. The molecule has 3 aromatic rings. The SMILES string of the molecule is CCCC/N=c1/sc2cc(N=N)c(OC(CC)CC)cc2n1Cc1ccc(Cl)cc1Cl. The number of rotatable bonds is 10. The number of ether oxygens (including phenoxy) is 1. The molecule has 0 amide bonds. The highest BCUT2D eigenvalue weighted by Crippen LogP contribution is 2.35. The zero-order valence-corrected chi connectivity index (χ0v) is 20.4. The van der Waals surface area contributed by atoms with E-state index in [1.807, 2.05) is 24.3 Å². The second-order valence-electron chi connectivity index (χ2n) is 7.40. The molecule has 0 aliphatic carbocycles. The summed E-state index contributed by atoms with van der Waals surface area (Å²) >= 11 is 14.2. The molecule has 5 nitrogen and oxygen atoms in total. The monoisotopic (exact) mass is 478 g/mol. The lowest BCUT2D eigenvalue weighted by atomic mass is 10.2. The lowest BCUT2D eigenvalue weighted by molar-refractivity contribution is 0.194. The second-order valence-corrected chi connectivity index (χ2v) is 9.25. The van der Waals surface area contributed by atoms with Crippen molar-refractivity contribution in [2.45, 2.75) is 59.1 Å². The molecule has 1 N–H and O–H groups in total. The van der Waals surface area contributed by atoms with Crippen LogP contribution in [0.25, 0.3) is 10.2 Å². The Morgan fingerprint density at radius 3 is 2.55 bits per heavy atom. The summed E-state index contributed by atoms with van der Waals surface area (Å²) in [6, 6.07) is 9.47. The van der Waals surface area contributed by atoms with Gasteiger partial charge in [0.1, 0.15) is 11.4 Å². The third-order valence-corrected chi connectivity index (χ3v) is 6.86. The van der Waals surface area contributed by atoms with Crippen LogP contribution in [0.5, 0.6) is 5.75 Å². The standard InChI is InChI=1S/C23H28Cl2N4OS/c1-4-7-10-27-23-29(14-15-8-9-16(24)11-18(15)25)20-13-21(30-17(5-2)6-3)19(28-26)12-22(20)31-23/h8-9,11-13,17,26H,4-7,10,14H2,1-3H3/b27-23+,28-26?. The minimum Gasteiger partial charge on any atom is -0.488 e. The van der Waals surface area contributed by atoms with E-state index in [0.29, 0.717) is 28.0 Å². The Labute approximate surface area is 197 Å². The van der Waals surface area contributed by atoms with Gasteiger partial charge in [-0.25, -0.2) is 5.53 Å². The van der Waals surface area contributed by atoms with Crippen molar-refractivity contribution < 1.29 is 4.74 Å². The lowest BCUT2D eigenvalue weighted by Crippen LogP contribution is -2.17. The minimum atomic E-state index is 0.0875. The van der Waals surface area contributed by atoms with Crippen molar-refractivity contribution in [2.24, 2.45) is 10.1 Å². The molecule has 0 saturated heterocycles. The Bertz CT molecular complexity index is 1120. The largest absolute Gasteiger partial charge is 0.488 e. The molecule has 0 bridgehead atoms. The summed E-state index contributed by atoms with van der Waals surface area (Å²) in [5.74, 6) is 0.630. The van der Waals surface area contributed by atoms with Crippen molar-refractivity contribution in [1.82, 2.24) is 4.57 Å². The summed E-state index contributed by atoms with van der Waals surface area (Å²) in [5, 5.41) is 4.97. The van der Waals surface area contributed by atoms with Gasteiger partial charge in [0.25, 0.3) is 0 Å². The second kappa shape index (κ2) is 11.1. The van der Waals surface area contributed by atoms with E-state index in [-0.39, 0.29) is 6.10 Å². The van der Waals surface area contributed by atoms with Gasteiger partial charge in [-0.2, -0.15) is 5.11 Å². The number of hydrogen-bond donors (Lipinski definition) is 1. The number of thiazole rings is 1. The minimum absolute atomic E-state index is 0.0875. The average Bonchev–Trinajstić information content (AvgIpc) is 3.09. The molecule has 2 aromatic carbocycles. The predicted octanol–water partition coefficient (Wildman–Crippen LogP) is 7.99. The highest BCUT2D eigenvalue weighted by molar-refractivity contribution is 7.16. The van der Waals surface area contributed by atoms with E-state index in [9.17, 15) is 0 Å². The topological polar surface area (TPSA) is 62.7 Å². The zero-order valence-electron chi connectivity index (χ0n) is 18.1. The third-order valence-electron chi connectivity index (χ3n) is 5.19. The van der Waals surface area contributed by atoms with Gasteiger partial charge >= 0.3 is 0 Å². The van der Waals surface area contributed by atoms with Gasteiger partial charge in [-0.1, -0.05) is 67.8 Å². The first-order chi connectivity index (χ1) is 15.0. The van der Waals surface area contributed by atoms with Crippen LogP contribution in [0.2, 0.25) is 10.0 Å². The number of nitrogens with one attached hydrogen (secondary N) is 1. The van der Waals surface area contributed by atoms with E-state index >= 15 is 0 Å². The van der Waals surface area contributed by atoms with Crippen LogP contribution >= 0.6 is 34.5 Å². The number of unbranched alkanes of at least 4 members (excludes halogenated alkanes) is 1. The van der Waals surface area contributed by atoms with Crippen molar-refractivity contribution in [2.75, 3.05) is 6.54 Å². The van der Waals surface area contributed by atoms with E-state index in [0.717, 1.165) is 52.8 Å². The van der Waals surface area contributed by atoms with Crippen LogP contribution in [0.1, 0.15) is 52.0 Å². The van der Waals surface area contributed by atoms with Gasteiger partial charge in [0.05, 0.1) is 22.9 Å². The number of benzene rings is 2. The molecular weight excluding hydrogens is 451 g/mol. The molecule has 0 fully saturated rings. The molecule has 31 heavy (non-hydrogen) atoms. The third kappa shape index (κ3) is 5.68. The van der Waals surface area contributed by atoms with Gasteiger partial charge in [-0.3, -0.25) is 4.99 Å². The van der Waals surface area contributed by atoms with Gasteiger partial charge < -0.3 is 9.30 Å². The zero-order chi connectivity index (χ0) is 22.4. The van der Waals surface area contributed by atoms with E-state index < -0.39 is 0 Å². The van der Waals surface area contributed by atoms with Crippen molar-refractivity contribution >= 4 is 50.4 Å². The van der Waals surface area contributed by atoms with Crippen molar-refractivity contribution in [3.8, 4) is 5.75 Å². The van der Waals surface area contributed by atoms with Crippen LogP contribution in [0.15, 0.2) is 40.4 Å². The molecule has 0 spiro atoms. The molecule has 3 rings (SSSR count). The highest BCUT2D eigenvalue weighted by atomic mass is 35.5. The quantitative estimate of drug-likeness (QED) is 0.232. The fourth-order valence-corrected chi connectivity index (χ4v) is 4.87. The molecule has 166 valence electrons. The van der Waals surface area contributed by atoms with Crippen molar-refractivity contribution in [3.05, 3.63) is 50.7 Å². The van der Waals surface area contributed by atoms with Crippen LogP contribution < -0.4 is 9.54 Å². The maximum absolute atomic E-state index is 7.63. The highest BCUT2D eigenvalue weighted by Gasteiger charge is 2.16. The molecule has 0 aliphatic rings. The molecule has 0 atom stereocenters. The van der Waals surface area contributed by atoms with Crippen LogP contribution in [0.4, 0.5) is 5.69 Å². The fourth-order valence-electron chi connectivity index (χ4n) is 3.33. The van der Waals surface area contributed by atoms with Gasteiger partial charge in [-0.15, -0.1) is 0 Å². The van der Waals surface area contributed by atoms with E-state index in [1.165, 1.54) is 0 Å². The fraction of sp³-hybridized carbons (Fsp3) is 0.435. The van der Waals surface area contributed by atoms with Crippen LogP contribution in [-0.2, 0) is 6.54 Å². The summed E-state index contributed by atoms with van der Waals surface area (Å²) in [6.45, 7) is 7.70. The van der Waals surface area contributed by atoms with Gasteiger partial charge in [0.15, 0.2) is 4.80 Å². The molecule has 0 radical (unpaired) electrons. The summed E-state index contributed by atoms with van der Waals surface area (Å²) in [7, 11) is 0. The maximum atomic E-state index is 7.63. The summed E-state index contributed by atoms with van der Waals surface area (Å²) in [4.78, 5) is 5.77. The number of fused-ring (bicyclic) bond motifs is 1. The maximum Gasteiger partial charge on any atom is 0.186 e. The Morgan fingerprint density at radius 1 is 1.13 bits per heavy atom. The van der Waals surface area contributed by atoms with Crippen molar-refractivity contribution in [1.29, 1.82) is 5.53 Å². The predicted molar refractivity (Wildman–Crippen MR) is 131 cm³/mol. The van der Waals surface area contributed by atoms with Crippen molar-refractivity contribution in [3.63, 3.8) is 0 Å². The lowest BCUT2D eigenvalue weighted by Gasteiger charge is -2.17. The van der Waals surface area contributed by atoms with E-state index in [2.05, 4.69) is 30.5 Å². The molecule has 1 aromatic heterocycles. The van der Waals surface area contributed by atoms with E-state index in [1.54, 1.807) is 17.4 Å². The normalized spacial score (nSPS) is 12.1. The molecular formula is C23H28Cl2N4OS. The molecule has 0 saturated carbocycles. The molecule has 1 heterocycles. The number of halogens is 2. The van der Waals surface area contributed by atoms with Crippen LogP contribution in [-0.4, -0.2) is 17.2 Å². The molecule has 0 unspecified atom stereocenters. The summed E-state index contributed by atoms with van der Waals surface area (Å²) < 4.78 is 9.38. The van der Waals surface area contributed by atoms with Crippen LogP contribution in [0.3, 0.4) is 0 Å². The first-order valence-electron chi connectivity index (χ1n) is 10.7. The van der Waals surface area contributed by atoms with E-state index in [4.69, 9.17) is 38.5 Å². The van der Waals surface area contributed by atoms with Gasteiger partial charge in [-0.05, 0) is 43.0 Å². The number of hydrogen-bond acceptors (Lipinski definition) is 5. The van der Waals surface area contributed by atoms with Gasteiger partial charge in [0, 0.05) is 22.7 Å². The Kier molecular flexibility index (Phi) is 8.52.